The lowest BCUT2D eigenvalue weighted by atomic mass is 9.65. The molecular weight excluding hydrogens is 210 g/mol. The molecule has 0 bridgehead atoms. The van der Waals surface area contributed by atoms with E-state index in [4.69, 9.17) is 4.74 Å². The fourth-order valence-electron chi connectivity index (χ4n) is 2.64. The minimum Gasteiger partial charge on any atom is -0.379 e. The number of aryl methyl sites for hydroxylation is 1. The summed E-state index contributed by atoms with van der Waals surface area (Å²) in [4.78, 5) is 0. The first kappa shape index (κ1) is 12.1. The van der Waals surface area contributed by atoms with Gasteiger partial charge in [-0.15, -0.1) is 0 Å². The van der Waals surface area contributed by atoms with Crippen molar-refractivity contribution in [3.63, 3.8) is 0 Å². The number of nitrogens with zero attached hydrogens (tertiary/aromatic N) is 1. The molecule has 17 heavy (non-hydrogen) atoms. The number of nitriles is 1. The predicted molar refractivity (Wildman–Crippen MR) is 67.6 cm³/mol. The first-order valence-corrected chi connectivity index (χ1v) is 6.14. The molecule has 0 saturated carbocycles. The van der Waals surface area contributed by atoms with Gasteiger partial charge in [-0.3, -0.25) is 0 Å². The molecule has 1 heterocycles. The van der Waals surface area contributed by atoms with Crippen LogP contribution in [0.1, 0.15) is 25.0 Å². The van der Waals surface area contributed by atoms with E-state index in [1.54, 1.807) is 0 Å². The summed E-state index contributed by atoms with van der Waals surface area (Å²) in [6, 6.07) is 11.0. The van der Waals surface area contributed by atoms with Crippen LogP contribution in [0.4, 0.5) is 0 Å². The predicted octanol–water partition coefficient (Wildman–Crippen LogP) is 3.06. The number of rotatable bonds is 3. The highest BCUT2D eigenvalue weighted by molar-refractivity contribution is 5.33. The molecule has 1 fully saturated rings. The summed E-state index contributed by atoms with van der Waals surface area (Å²) in [7, 11) is 0. The van der Waals surface area contributed by atoms with E-state index in [9.17, 15) is 5.26 Å². The van der Waals surface area contributed by atoms with Crippen LogP contribution in [-0.2, 0) is 10.2 Å². The fourth-order valence-corrected chi connectivity index (χ4v) is 2.64. The van der Waals surface area contributed by atoms with Gasteiger partial charge in [0.2, 0.25) is 0 Å². The molecule has 1 aromatic rings. The van der Waals surface area contributed by atoms with E-state index >= 15 is 0 Å². The van der Waals surface area contributed by atoms with Crippen molar-refractivity contribution >= 4 is 0 Å². The molecule has 90 valence electrons. The van der Waals surface area contributed by atoms with Crippen LogP contribution in [0.25, 0.3) is 0 Å². The summed E-state index contributed by atoms with van der Waals surface area (Å²) in [5.41, 5.74) is 2.41. The van der Waals surface area contributed by atoms with E-state index in [2.05, 4.69) is 51.1 Å². The van der Waals surface area contributed by atoms with Crippen LogP contribution >= 0.6 is 0 Å². The minimum atomic E-state index is -0.0867. The molecule has 1 unspecified atom stereocenters. The van der Waals surface area contributed by atoms with Crippen molar-refractivity contribution in [2.75, 3.05) is 13.2 Å². The molecule has 2 heteroatoms. The molecular formula is C15H19NO. The van der Waals surface area contributed by atoms with E-state index in [-0.39, 0.29) is 11.3 Å². The number of benzene rings is 1. The van der Waals surface area contributed by atoms with Crippen LogP contribution in [0.15, 0.2) is 24.3 Å². The molecule has 0 radical (unpaired) electrons. The molecule has 1 aliphatic heterocycles. The molecule has 0 spiro atoms. The van der Waals surface area contributed by atoms with Crippen LogP contribution in [0.5, 0.6) is 0 Å². The van der Waals surface area contributed by atoms with Crippen molar-refractivity contribution in [1.29, 1.82) is 5.26 Å². The zero-order chi connectivity index (χ0) is 12.5. The van der Waals surface area contributed by atoms with Gasteiger partial charge in [-0.1, -0.05) is 43.7 Å². The third kappa shape index (κ3) is 1.96. The van der Waals surface area contributed by atoms with Crippen LogP contribution in [0, 0.1) is 30.1 Å². The standard InChI is InChI=1S/C15H19NO/c1-11(2)14(8-16)15(9-17-10-15)13-6-4-12(3)5-7-13/h4-7,11,14H,9-10H2,1-3H3. The molecule has 0 N–H and O–H groups in total. The molecule has 0 amide bonds. The van der Waals surface area contributed by atoms with E-state index < -0.39 is 0 Å². The quantitative estimate of drug-likeness (QED) is 0.798. The maximum absolute atomic E-state index is 9.41. The second kappa shape index (κ2) is 4.50. The summed E-state index contributed by atoms with van der Waals surface area (Å²) >= 11 is 0. The normalized spacial score (nSPS) is 19.5. The van der Waals surface area contributed by atoms with Gasteiger partial charge in [0, 0.05) is 0 Å². The summed E-state index contributed by atoms with van der Waals surface area (Å²) in [5.74, 6) is 0.379. The lowest BCUT2D eigenvalue weighted by molar-refractivity contribution is -0.0876. The van der Waals surface area contributed by atoms with Crippen LogP contribution in [0.3, 0.4) is 0 Å². The monoisotopic (exact) mass is 229 g/mol. The summed E-state index contributed by atoms with van der Waals surface area (Å²) in [6.07, 6.45) is 0. The van der Waals surface area contributed by atoms with Gasteiger partial charge >= 0.3 is 0 Å². The van der Waals surface area contributed by atoms with Crippen molar-refractivity contribution in [3.05, 3.63) is 35.4 Å². The van der Waals surface area contributed by atoms with Crippen LogP contribution in [-0.4, -0.2) is 13.2 Å². The first-order chi connectivity index (χ1) is 8.10. The Balaban J connectivity index is 2.38. The SMILES string of the molecule is Cc1ccc(C2(C(C#N)C(C)C)COC2)cc1. The Hall–Kier alpha value is -1.33. The Kier molecular flexibility index (Phi) is 3.22. The van der Waals surface area contributed by atoms with E-state index in [1.165, 1.54) is 11.1 Å². The molecule has 1 aromatic carbocycles. The Bertz CT molecular complexity index is 423. The first-order valence-electron chi connectivity index (χ1n) is 6.14. The third-order valence-corrected chi connectivity index (χ3v) is 3.75. The summed E-state index contributed by atoms with van der Waals surface area (Å²) < 4.78 is 5.40. The molecule has 1 aliphatic rings. The Morgan fingerprint density at radius 1 is 1.24 bits per heavy atom. The zero-order valence-electron chi connectivity index (χ0n) is 10.7. The maximum atomic E-state index is 9.41. The topological polar surface area (TPSA) is 33.0 Å². The van der Waals surface area contributed by atoms with Gasteiger partial charge in [0.1, 0.15) is 0 Å². The molecule has 1 saturated heterocycles. The summed E-state index contributed by atoms with van der Waals surface area (Å²) in [6.45, 7) is 7.65. The van der Waals surface area contributed by atoms with E-state index in [0.29, 0.717) is 19.1 Å². The number of ether oxygens (including phenoxy) is 1. The van der Waals surface area contributed by atoms with Gasteiger partial charge in [-0.2, -0.15) is 5.26 Å². The van der Waals surface area contributed by atoms with Gasteiger partial charge in [-0.25, -0.2) is 0 Å². The average Bonchev–Trinajstić information content (AvgIpc) is 2.24. The lowest BCUT2D eigenvalue weighted by Gasteiger charge is -2.46. The Morgan fingerprint density at radius 2 is 1.82 bits per heavy atom. The summed E-state index contributed by atoms with van der Waals surface area (Å²) in [5, 5.41) is 9.41. The van der Waals surface area contributed by atoms with E-state index in [1.807, 2.05) is 0 Å². The van der Waals surface area contributed by atoms with Crippen molar-refractivity contribution in [2.24, 2.45) is 11.8 Å². The van der Waals surface area contributed by atoms with Crippen molar-refractivity contribution in [3.8, 4) is 6.07 Å². The fraction of sp³-hybridized carbons (Fsp3) is 0.533. The Labute approximate surface area is 103 Å². The second-order valence-corrected chi connectivity index (χ2v) is 5.37. The molecule has 2 rings (SSSR count). The van der Waals surface area contributed by atoms with Crippen molar-refractivity contribution < 1.29 is 4.74 Å². The highest BCUT2D eigenvalue weighted by Crippen LogP contribution is 2.42. The highest BCUT2D eigenvalue weighted by Gasteiger charge is 2.48. The number of hydrogen-bond donors (Lipinski definition) is 0. The number of hydrogen-bond acceptors (Lipinski definition) is 2. The van der Waals surface area contributed by atoms with Gasteiger partial charge < -0.3 is 4.74 Å². The average molecular weight is 229 g/mol. The molecule has 0 aromatic heterocycles. The van der Waals surface area contributed by atoms with Crippen LogP contribution < -0.4 is 0 Å². The zero-order valence-corrected chi connectivity index (χ0v) is 10.7. The lowest BCUT2D eigenvalue weighted by Crippen LogP contribution is -2.53. The Morgan fingerprint density at radius 3 is 2.18 bits per heavy atom. The maximum Gasteiger partial charge on any atom is 0.0669 e. The van der Waals surface area contributed by atoms with Crippen molar-refractivity contribution in [2.45, 2.75) is 26.2 Å². The molecule has 2 nitrogen and oxygen atoms in total. The third-order valence-electron chi connectivity index (χ3n) is 3.75. The van der Waals surface area contributed by atoms with Gasteiger partial charge in [0.05, 0.1) is 30.6 Å². The van der Waals surface area contributed by atoms with E-state index in [0.717, 1.165) is 0 Å². The van der Waals surface area contributed by atoms with Crippen molar-refractivity contribution in [1.82, 2.24) is 0 Å². The highest BCUT2D eigenvalue weighted by atomic mass is 16.5. The molecule has 1 atom stereocenters. The smallest absolute Gasteiger partial charge is 0.0669 e. The van der Waals surface area contributed by atoms with Gasteiger partial charge in [0.25, 0.3) is 0 Å². The van der Waals surface area contributed by atoms with Gasteiger partial charge in [-0.05, 0) is 18.4 Å². The largest absolute Gasteiger partial charge is 0.379 e. The van der Waals surface area contributed by atoms with Gasteiger partial charge in [0.15, 0.2) is 0 Å². The van der Waals surface area contributed by atoms with Crippen LogP contribution in [0.2, 0.25) is 0 Å². The molecule has 0 aliphatic carbocycles. The minimum absolute atomic E-state index is 0.0268. The second-order valence-electron chi connectivity index (χ2n) is 5.37.